The fourth-order valence-corrected chi connectivity index (χ4v) is 4.86. The molecule has 2 aromatic carbocycles. The summed E-state index contributed by atoms with van der Waals surface area (Å²) >= 11 is 6.44. The van der Waals surface area contributed by atoms with Crippen molar-refractivity contribution in [1.29, 1.82) is 5.26 Å². The smallest absolute Gasteiger partial charge is 0.278 e. The van der Waals surface area contributed by atoms with Crippen LogP contribution in [0.4, 0.5) is 11.6 Å². The number of hydrogen-bond donors (Lipinski definition) is 2. The van der Waals surface area contributed by atoms with E-state index in [1.165, 1.54) is 11.1 Å². The van der Waals surface area contributed by atoms with Gasteiger partial charge >= 0.3 is 0 Å². The molecule has 0 saturated carbocycles. The fraction of sp³-hybridized carbons (Fsp3) is 0.308. The molecule has 0 amide bonds. The minimum Gasteiger partial charge on any atom is -0.324 e. The van der Waals surface area contributed by atoms with Gasteiger partial charge < -0.3 is 10.6 Å². The normalized spacial score (nSPS) is 13.5. The lowest BCUT2D eigenvalue weighted by atomic mass is 9.86. The fourth-order valence-electron chi connectivity index (χ4n) is 4.51. The topological polar surface area (TPSA) is 101 Å². The predicted molar refractivity (Wildman–Crippen MR) is 138 cm³/mol. The van der Waals surface area contributed by atoms with Gasteiger partial charge in [-0.25, -0.2) is 14.3 Å². The van der Waals surface area contributed by atoms with Gasteiger partial charge in [0.1, 0.15) is 5.39 Å². The van der Waals surface area contributed by atoms with Crippen molar-refractivity contribution in [3.05, 3.63) is 74.7 Å². The monoisotopic (exact) mass is 487 g/mol. The molecule has 35 heavy (non-hydrogen) atoms. The number of halogens is 1. The molecule has 8 nitrogen and oxygen atoms in total. The molecule has 0 spiro atoms. The third kappa shape index (κ3) is 4.07. The van der Waals surface area contributed by atoms with E-state index in [0.29, 0.717) is 39.8 Å². The van der Waals surface area contributed by atoms with Crippen molar-refractivity contribution in [3.8, 4) is 11.8 Å². The number of rotatable bonds is 5. The van der Waals surface area contributed by atoms with Crippen molar-refractivity contribution in [2.24, 2.45) is 0 Å². The number of benzene rings is 2. The molecule has 0 radical (unpaired) electrons. The number of nitrogens with zero attached hydrogens (tertiary/aromatic N) is 5. The zero-order chi connectivity index (χ0) is 24.7. The average Bonchev–Trinajstić information content (AvgIpc) is 3.15. The second-order valence-corrected chi connectivity index (χ2v) is 9.61. The van der Waals surface area contributed by atoms with Crippen molar-refractivity contribution in [3.63, 3.8) is 0 Å². The van der Waals surface area contributed by atoms with E-state index in [1.54, 1.807) is 21.6 Å². The van der Waals surface area contributed by atoms with Crippen LogP contribution in [-0.4, -0.2) is 25.9 Å². The van der Waals surface area contributed by atoms with E-state index in [2.05, 4.69) is 33.8 Å². The molecule has 178 valence electrons. The second kappa shape index (κ2) is 8.84. The molecule has 2 aromatic heterocycles. The first-order valence-corrected chi connectivity index (χ1v) is 12.0. The molecule has 1 aliphatic heterocycles. The van der Waals surface area contributed by atoms with Crippen LogP contribution in [0.25, 0.3) is 16.7 Å². The van der Waals surface area contributed by atoms with E-state index in [4.69, 9.17) is 16.6 Å². The van der Waals surface area contributed by atoms with Crippen LogP contribution in [-0.2, 0) is 24.9 Å². The number of fused-ring (bicyclic) bond motifs is 2. The number of nitriles is 1. The largest absolute Gasteiger partial charge is 0.324 e. The van der Waals surface area contributed by atoms with E-state index in [9.17, 15) is 10.1 Å². The molecule has 0 unspecified atom stereocenters. The first kappa shape index (κ1) is 23.1. The number of anilines is 2. The minimum atomic E-state index is -0.795. The Labute approximate surface area is 208 Å². The Morgan fingerprint density at radius 2 is 2.06 bits per heavy atom. The Kier molecular flexibility index (Phi) is 5.83. The maximum atomic E-state index is 13.1. The molecule has 9 heteroatoms. The lowest BCUT2D eigenvalue weighted by Gasteiger charge is -2.20. The Hall–Kier alpha value is -3.67. The molecule has 0 atom stereocenters. The maximum Gasteiger partial charge on any atom is 0.278 e. The Bertz CT molecular complexity index is 1540. The van der Waals surface area contributed by atoms with E-state index in [-0.39, 0.29) is 5.56 Å². The van der Waals surface area contributed by atoms with Crippen molar-refractivity contribution in [2.75, 3.05) is 11.9 Å². The van der Waals surface area contributed by atoms with Crippen LogP contribution in [0.15, 0.2) is 47.4 Å². The quantitative estimate of drug-likeness (QED) is 0.431. The minimum absolute atomic E-state index is 0.176. The molecule has 0 bridgehead atoms. The van der Waals surface area contributed by atoms with Crippen LogP contribution < -0.4 is 16.2 Å². The van der Waals surface area contributed by atoms with Crippen LogP contribution in [0.1, 0.15) is 37.5 Å². The molecule has 0 saturated heterocycles. The standard InChI is InChI=1S/C26H26ClN7O/c1-4-33-24(35)20-14-30-25(31-18-6-5-16-9-10-29-13-17(16)11-18)32-23(20)34(33)19-7-8-22(27)21(12-19)26(2,3)15-28/h5-8,11-12,14,29H,4,9-10,13H2,1-3H3,(H,30,31,32). The second-order valence-electron chi connectivity index (χ2n) is 9.20. The highest BCUT2D eigenvalue weighted by atomic mass is 35.5. The summed E-state index contributed by atoms with van der Waals surface area (Å²) in [7, 11) is 0. The van der Waals surface area contributed by atoms with Crippen molar-refractivity contribution in [1.82, 2.24) is 24.6 Å². The lowest BCUT2D eigenvalue weighted by molar-refractivity contribution is 0.573. The summed E-state index contributed by atoms with van der Waals surface area (Å²) < 4.78 is 3.38. The predicted octanol–water partition coefficient (Wildman–Crippen LogP) is 4.45. The summed E-state index contributed by atoms with van der Waals surface area (Å²) in [6, 6.07) is 14.0. The highest BCUT2D eigenvalue weighted by Gasteiger charge is 2.25. The van der Waals surface area contributed by atoms with Crippen molar-refractivity contribution >= 4 is 34.3 Å². The van der Waals surface area contributed by atoms with E-state index in [0.717, 1.165) is 25.2 Å². The first-order chi connectivity index (χ1) is 16.8. The van der Waals surface area contributed by atoms with E-state index >= 15 is 0 Å². The van der Waals surface area contributed by atoms with Gasteiger partial charge in [-0.3, -0.25) is 4.79 Å². The van der Waals surface area contributed by atoms with Crippen LogP contribution in [0.3, 0.4) is 0 Å². The summed E-state index contributed by atoms with van der Waals surface area (Å²) in [4.78, 5) is 22.3. The van der Waals surface area contributed by atoms with Crippen LogP contribution >= 0.6 is 11.6 Å². The van der Waals surface area contributed by atoms with E-state index < -0.39 is 5.41 Å². The SMILES string of the molecule is CCn1c(=O)c2cnc(Nc3ccc4c(c3)CNCC4)nc2n1-c1ccc(Cl)c(C(C)(C)C#N)c1. The molecule has 0 aliphatic carbocycles. The van der Waals surface area contributed by atoms with Crippen LogP contribution in [0, 0.1) is 11.3 Å². The number of aromatic nitrogens is 4. The lowest BCUT2D eigenvalue weighted by Crippen LogP contribution is -2.23. The molecular weight excluding hydrogens is 462 g/mol. The maximum absolute atomic E-state index is 13.1. The van der Waals surface area contributed by atoms with Crippen LogP contribution in [0.2, 0.25) is 5.02 Å². The summed E-state index contributed by atoms with van der Waals surface area (Å²) in [6.45, 7) is 7.80. The van der Waals surface area contributed by atoms with Crippen LogP contribution in [0.5, 0.6) is 0 Å². The highest BCUT2D eigenvalue weighted by Crippen LogP contribution is 2.32. The first-order valence-electron chi connectivity index (χ1n) is 11.6. The summed E-state index contributed by atoms with van der Waals surface area (Å²) in [5, 5.41) is 17.3. The zero-order valence-electron chi connectivity index (χ0n) is 19.9. The van der Waals surface area contributed by atoms with Gasteiger partial charge in [-0.15, -0.1) is 0 Å². The van der Waals surface area contributed by atoms with Gasteiger partial charge in [0.05, 0.1) is 17.2 Å². The van der Waals surface area contributed by atoms with Gasteiger partial charge in [0.15, 0.2) is 5.65 Å². The number of nitrogens with one attached hydrogen (secondary N) is 2. The molecule has 0 fully saturated rings. The van der Waals surface area contributed by atoms with Gasteiger partial charge in [0.2, 0.25) is 5.95 Å². The molecule has 1 aliphatic rings. The molecule has 5 rings (SSSR count). The number of hydrogen-bond acceptors (Lipinski definition) is 6. The van der Waals surface area contributed by atoms with Gasteiger partial charge in [0.25, 0.3) is 5.56 Å². The third-order valence-corrected chi connectivity index (χ3v) is 6.80. The summed E-state index contributed by atoms with van der Waals surface area (Å²) in [5.74, 6) is 0.398. The van der Waals surface area contributed by atoms with Gasteiger partial charge in [-0.05, 0) is 80.8 Å². The molecule has 4 aromatic rings. The van der Waals surface area contributed by atoms with E-state index in [1.807, 2.05) is 39.0 Å². The highest BCUT2D eigenvalue weighted by molar-refractivity contribution is 6.31. The van der Waals surface area contributed by atoms with Gasteiger partial charge in [-0.2, -0.15) is 10.2 Å². The Balaban J connectivity index is 1.62. The molecular formula is C26H26ClN7O. The average molecular weight is 488 g/mol. The van der Waals surface area contributed by atoms with Crippen molar-refractivity contribution < 1.29 is 0 Å². The Morgan fingerprint density at radius 3 is 2.83 bits per heavy atom. The van der Waals surface area contributed by atoms with Gasteiger partial charge in [0, 0.05) is 30.0 Å². The third-order valence-electron chi connectivity index (χ3n) is 6.47. The molecule has 3 heterocycles. The summed E-state index contributed by atoms with van der Waals surface area (Å²) in [5.41, 5.74) is 4.39. The van der Waals surface area contributed by atoms with Gasteiger partial charge in [-0.1, -0.05) is 17.7 Å². The molecule has 2 N–H and O–H groups in total. The van der Waals surface area contributed by atoms with Crippen molar-refractivity contribution in [2.45, 2.75) is 45.7 Å². The Morgan fingerprint density at radius 1 is 1.23 bits per heavy atom. The summed E-state index contributed by atoms with van der Waals surface area (Å²) in [6.07, 6.45) is 2.58. The zero-order valence-corrected chi connectivity index (χ0v) is 20.6.